The fourth-order valence-electron chi connectivity index (χ4n) is 2.70. The van der Waals surface area contributed by atoms with Crippen LogP contribution in [0.5, 0.6) is 0 Å². The molecule has 1 saturated carbocycles. The van der Waals surface area contributed by atoms with E-state index in [0.29, 0.717) is 5.02 Å². The Morgan fingerprint density at radius 1 is 1.20 bits per heavy atom. The molecule has 1 aliphatic rings. The van der Waals surface area contributed by atoms with E-state index in [-0.39, 0.29) is 11.8 Å². The van der Waals surface area contributed by atoms with Crippen molar-refractivity contribution in [2.75, 3.05) is 5.32 Å². The highest BCUT2D eigenvalue weighted by molar-refractivity contribution is 9.10. The van der Waals surface area contributed by atoms with E-state index in [1.54, 1.807) is 0 Å². The molecule has 0 spiro atoms. The maximum absolute atomic E-state index is 12.4. The van der Waals surface area contributed by atoms with Crippen LogP contribution in [0.15, 0.2) is 16.6 Å². The predicted octanol–water partition coefficient (Wildman–Crippen LogP) is 5.71. The molecule has 2 nitrogen and oxygen atoms in total. The third-order valence-corrected chi connectivity index (χ3v) is 5.05. The highest BCUT2D eigenvalue weighted by Crippen LogP contribution is 2.30. The number of carbonyl (C=O) groups excluding carboxylic acids is 1. The lowest BCUT2D eigenvalue weighted by Gasteiger charge is -2.19. The van der Waals surface area contributed by atoms with Gasteiger partial charge < -0.3 is 5.32 Å². The monoisotopic (exact) mass is 357 g/mol. The van der Waals surface area contributed by atoms with Crippen LogP contribution in [0.3, 0.4) is 0 Å². The number of hydrogen-bond donors (Lipinski definition) is 1. The molecule has 0 saturated heterocycles. The Morgan fingerprint density at radius 3 is 2.45 bits per heavy atom. The van der Waals surface area contributed by atoms with Crippen LogP contribution in [0.1, 0.15) is 50.5 Å². The van der Waals surface area contributed by atoms with Gasteiger partial charge in [0.25, 0.3) is 0 Å². The van der Waals surface area contributed by atoms with E-state index >= 15 is 0 Å². The maximum atomic E-state index is 12.4. The second kappa shape index (κ2) is 7.46. The van der Waals surface area contributed by atoms with Crippen molar-refractivity contribution in [2.24, 2.45) is 5.92 Å². The quantitative estimate of drug-likeness (QED) is 0.720. The van der Waals surface area contributed by atoms with Gasteiger partial charge in [0.1, 0.15) is 0 Å². The average Bonchev–Trinajstić information content (AvgIpc) is 2.35. The molecule has 1 aliphatic carbocycles. The Hall–Kier alpha value is -0.540. The van der Waals surface area contributed by atoms with E-state index < -0.39 is 0 Å². The van der Waals surface area contributed by atoms with Crippen LogP contribution >= 0.6 is 27.5 Å². The van der Waals surface area contributed by atoms with Gasteiger partial charge in [0.2, 0.25) is 5.91 Å². The second-order valence-electron chi connectivity index (χ2n) is 5.61. The summed E-state index contributed by atoms with van der Waals surface area (Å²) in [5.41, 5.74) is 1.77. The van der Waals surface area contributed by atoms with Crippen LogP contribution in [0.25, 0.3) is 0 Å². The predicted molar refractivity (Wildman–Crippen MR) is 88.3 cm³/mol. The number of anilines is 1. The number of aryl methyl sites for hydroxylation is 1. The smallest absolute Gasteiger partial charge is 0.227 e. The van der Waals surface area contributed by atoms with E-state index in [9.17, 15) is 4.79 Å². The van der Waals surface area contributed by atoms with Gasteiger partial charge in [0, 0.05) is 15.4 Å². The number of benzene rings is 1. The lowest BCUT2D eigenvalue weighted by Crippen LogP contribution is -2.23. The summed E-state index contributed by atoms with van der Waals surface area (Å²) in [4.78, 5) is 12.4. The van der Waals surface area contributed by atoms with Crippen LogP contribution in [0, 0.1) is 12.8 Å². The highest BCUT2D eigenvalue weighted by atomic mass is 79.9. The summed E-state index contributed by atoms with van der Waals surface area (Å²) in [5.74, 6) is 0.273. The molecule has 110 valence electrons. The van der Waals surface area contributed by atoms with E-state index in [1.807, 2.05) is 19.1 Å². The van der Waals surface area contributed by atoms with Crippen molar-refractivity contribution < 1.29 is 4.79 Å². The second-order valence-corrected chi connectivity index (χ2v) is 6.87. The Kier molecular flexibility index (Phi) is 5.91. The van der Waals surface area contributed by atoms with Crippen molar-refractivity contribution in [3.05, 3.63) is 27.2 Å². The molecule has 0 unspecified atom stereocenters. The number of rotatable bonds is 2. The number of carbonyl (C=O) groups is 1. The molecule has 2 rings (SSSR count). The van der Waals surface area contributed by atoms with Crippen LogP contribution in [0.2, 0.25) is 5.02 Å². The minimum Gasteiger partial charge on any atom is -0.325 e. The Labute approximate surface area is 134 Å². The molecule has 0 heterocycles. The fraction of sp³-hybridized carbons (Fsp3) is 0.562. The molecule has 0 aromatic heterocycles. The number of nitrogens with one attached hydrogen (secondary N) is 1. The first kappa shape index (κ1) is 15.8. The molecule has 1 amide bonds. The first-order valence-electron chi connectivity index (χ1n) is 7.34. The third-order valence-electron chi connectivity index (χ3n) is 3.98. The van der Waals surface area contributed by atoms with E-state index in [1.165, 1.54) is 19.3 Å². The van der Waals surface area contributed by atoms with Gasteiger partial charge in [0.15, 0.2) is 0 Å². The van der Waals surface area contributed by atoms with Gasteiger partial charge in [-0.3, -0.25) is 4.79 Å². The van der Waals surface area contributed by atoms with Crippen molar-refractivity contribution in [2.45, 2.75) is 51.9 Å². The zero-order valence-corrected chi connectivity index (χ0v) is 14.2. The Morgan fingerprint density at radius 2 is 1.80 bits per heavy atom. The minimum absolute atomic E-state index is 0.132. The van der Waals surface area contributed by atoms with E-state index in [2.05, 4.69) is 21.2 Å². The minimum atomic E-state index is 0.132. The first-order valence-corrected chi connectivity index (χ1v) is 8.51. The molecule has 0 atom stereocenters. The number of halogens is 2. The molecule has 0 radical (unpaired) electrons. The standard InChI is InChI=1S/C16H21BrClNO/c1-11-9-13(17)15(10-14(11)18)19-16(20)12-7-5-3-2-4-6-8-12/h9-10,12H,2-8H2,1H3,(H,19,20). The molecule has 20 heavy (non-hydrogen) atoms. The van der Waals surface area contributed by atoms with Gasteiger partial charge in [-0.25, -0.2) is 0 Å². The molecule has 1 aromatic rings. The van der Waals surface area contributed by atoms with Gasteiger partial charge in [-0.15, -0.1) is 0 Å². The van der Waals surface area contributed by atoms with Crippen molar-refractivity contribution in [1.82, 2.24) is 0 Å². The lowest BCUT2D eigenvalue weighted by atomic mass is 9.90. The number of amides is 1. The van der Waals surface area contributed by atoms with Gasteiger partial charge in [-0.1, -0.05) is 43.7 Å². The van der Waals surface area contributed by atoms with Gasteiger partial charge in [0.05, 0.1) is 5.69 Å². The van der Waals surface area contributed by atoms with Gasteiger partial charge in [-0.05, 0) is 53.4 Å². The molecule has 0 aliphatic heterocycles. The zero-order chi connectivity index (χ0) is 14.5. The van der Waals surface area contributed by atoms with E-state index in [4.69, 9.17) is 11.6 Å². The van der Waals surface area contributed by atoms with Crippen LogP contribution in [0.4, 0.5) is 5.69 Å². The van der Waals surface area contributed by atoms with Crippen molar-refractivity contribution in [1.29, 1.82) is 0 Å². The molecular weight excluding hydrogens is 338 g/mol. The van der Waals surface area contributed by atoms with Crippen molar-refractivity contribution in [3.8, 4) is 0 Å². The molecular formula is C16H21BrClNO. The van der Waals surface area contributed by atoms with Crippen molar-refractivity contribution in [3.63, 3.8) is 0 Å². The van der Waals surface area contributed by atoms with Crippen LogP contribution < -0.4 is 5.32 Å². The molecule has 4 heteroatoms. The summed E-state index contributed by atoms with van der Waals surface area (Å²) in [7, 11) is 0. The Bertz CT molecular complexity index is 482. The maximum Gasteiger partial charge on any atom is 0.227 e. The largest absolute Gasteiger partial charge is 0.325 e. The third kappa shape index (κ3) is 4.23. The van der Waals surface area contributed by atoms with Crippen LogP contribution in [-0.4, -0.2) is 5.91 Å². The lowest BCUT2D eigenvalue weighted by molar-refractivity contribution is -0.120. The van der Waals surface area contributed by atoms with Gasteiger partial charge >= 0.3 is 0 Å². The van der Waals surface area contributed by atoms with Crippen LogP contribution in [-0.2, 0) is 4.79 Å². The van der Waals surface area contributed by atoms with Crippen molar-refractivity contribution >= 4 is 39.1 Å². The Balaban J connectivity index is 2.04. The summed E-state index contributed by atoms with van der Waals surface area (Å²) < 4.78 is 0.888. The topological polar surface area (TPSA) is 29.1 Å². The zero-order valence-electron chi connectivity index (χ0n) is 11.8. The summed E-state index contributed by atoms with van der Waals surface area (Å²) in [6, 6.07) is 3.76. The molecule has 1 fully saturated rings. The summed E-state index contributed by atoms with van der Waals surface area (Å²) in [6.45, 7) is 1.95. The summed E-state index contributed by atoms with van der Waals surface area (Å²) in [6.07, 6.45) is 8.15. The SMILES string of the molecule is Cc1cc(Br)c(NC(=O)C2CCCCCCC2)cc1Cl. The normalized spacial score (nSPS) is 17.4. The van der Waals surface area contributed by atoms with E-state index in [0.717, 1.165) is 41.4 Å². The highest BCUT2D eigenvalue weighted by Gasteiger charge is 2.20. The fourth-order valence-corrected chi connectivity index (χ4v) is 3.42. The summed E-state index contributed by atoms with van der Waals surface area (Å²) >= 11 is 9.62. The summed E-state index contributed by atoms with van der Waals surface area (Å²) in [5, 5.41) is 3.71. The molecule has 1 aromatic carbocycles. The number of hydrogen-bond acceptors (Lipinski definition) is 1. The average molecular weight is 359 g/mol. The van der Waals surface area contributed by atoms with Gasteiger partial charge in [-0.2, -0.15) is 0 Å². The molecule has 1 N–H and O–H groups in total. The molecule has 0 bridgehead atoms. The first-order chi connectivity index (χ1) is 9.58.